The number of carbonyl (C=O) groups excluding carboxylic acids is 1. The molecular formula is C24H37N5O. The zero-order chi connectivity index (χ0) is 22.5. The van der Waals surface area contributed by atoms with E-state index in [2.05, 4.69) is 48.1 Å². The molecule has 1 saturated carbocycles. The second-order valence-corrected chi connectivity index (χ2v) is 8.75. The number of hydrogen-bond acceptors (Lipinski definition) is 4. The van der Waals surface area contributed by atoms with E-state index < -0.39 is 0 Å². The summed E-state index contributed by atoms with van der Waals surface area (Å²) in [6.45, 7) is 18.3. The molecule has 30 heavy (non-hydrogen) atoms. The number of allylic oxidation sites excluding steroid dienone is 2. The third-order valence-corrected chi connectivity index (χ3v) is 5.34. The Kier molecular flexibility index (Phi) is 7.82. The minimum atomic E-state index is -0.178. The Hall–Kier alpha value is -2.63. The SMILES string of the molecule is C=C(C)/C(C(C(=O)Nc1cnn(C(C)CCC)c1)=C(C)C)=C(\N=C/C)NC1(C)CC1. The van der Waals surface area contributed by atoms with Crippen molar-refractivity contribution in [3.63, 3.8) is 0 Å². The standard InChI is InChI=1S/C24H37N5O/c1-9-11-18(7)29-15-19(14-26-29)27-23(30)21(17(5)6)20(16(3)4)22(25-10-2)28-24(8)12-13-24/h10,14-15,18,28H,3,9,11-13H2,1-2,4-8H3,(H,27,30)/b22-20-,25-10-. The summed E-state index contributed by atoms with van der Waals surface area (Å²) in [5.74, 6) is 0.519. The number of anilines is 1. The summed E-state index contributed by atoms with van der Waals surface area (Å²) in [4.78, 5) is 17.9. The second kappa shape index (κ2) is 9.92. The maximum absolute atomic E-state index is 13.3. The van der Waals surface area contributed by atoms with Gasteiger partial charge in [-0.15, -0.1) is 0 Å². The molecule has 6 heteroatoms. The molecule has 0 bridgehead atoms. The monoisotopic (exact) mass is 411 g/mol. The van der Waals surface area contributed by atoms with Gasteiger partial charge in [-0.2, -0.15) is 5.10 Å². The molecule has 1 aliphatic rings. The molecule has 1 aliphatic carbocycles. The zero-order valence-electron chi connectivity index (χ0n) is 19.6. The summed E-state index contributed by atoms with van der Waals surface area (Å²) in [6.07, 6.45) is 9.64. The summed E-state index contributed by atoms with van der Waals surface area (Å²) in [5.41, 5.74) is 3.77. The Morgan fingerprint density at radius 3 is 2.53 bits per heavy atom. The van der Waals surface area contributed by atoms with E-state index in [1.54, 1.807) is 12.4 Å². The number of nitrogens with one attached hydrogen (secondary N) is 2. The first-order valence-electron chi connectivity index (χ1n) is 10.8. The van der Waals surface area contributed by atoms with Crippen LogP contribution in [-0.2, 0) is 4.79 Å². The van der Waals surface area contributed by atoms with Crippen LogP contribution < -0.4 is 10.6 Å². The molecule has 0 spiro atoms. The number of aliphatic imine (C=N–C) groups is 1. The van der Waals surface area contributed by atoms with Crippen molar-refractivity contribution in [1.82, 2.24) is 15.1 Å². The molecule has 1 aromatic heterocycles. The topological polar surface area (TPSA) is 71.3 Å². The minimum absolute atomic E-state index is 0.0301. The van der Waals surface area contributed by atoms with E-state index >= 15 is 0 Å². The van der Waals surface area contributed by atoms with Crippen molar-refractivity contribution in [2.75, 3.05) is 5.32 Å². The molecule has 1 aromatic rings. The average molecular weight is 412 g/mol. The van der Waals surface area contributed by atoms with Crippen LogP contribution in [0.5, 0.6) is 0 Å². The number of nitrogens with zero attached hydrogens (tertiary/aromatic N) is 3. The van der Waals surface area contributed by atoms with Crippen molar-refractivity contribution in [1.29, 1.82) is 0 Å². The predicted molar refractivity (Wildman–Crippen MR) is 126 cm³/mol. The van der Waals surface area contributed by atoms with Gasteiger partial charge in [-0.1, -0.05) is 25.5 Å². The van der Waals surface area contributed by atoms with Crippen LogP contribution >= 0.6 is 0 Å². The normalized spacial score (nSPS) is 16.6. The molecule has 2 rings (SSSR count). The van der Waals surface area contributed by atoms with E-state index in [1.165, 1.54) is 0 Å². The lowest BCUT2D eigenvalue weighted by molar-refractivity contribution is -0.112. The van der Waals surface area contributed by atoms with E-state index in [4.69, 9.17) is 0 Å². The van der Waals surface area contributed by atoms with Crippen LogP contribution in [0.4, 0.5) is 5.69 Å². The maximum Gasteiger partial charge on any atom is 0.256 e. The average Bonchev–Trinajstić information content (AvgIpc) is 3.19. The molecule has 0 aromatic carbocycles. The first-order chi connectivity index (χ1) is 14.1. The van der Waals surface area contributed by atoms with Crippen LogP contribution in [0.1, 0.15) is 80.2 Å². The van der Waals surface area contributed by atoms with Gasteiger partial charge in [-0.3, -0.25) is 9.48 Å². The summed E-state index contributed by atoms with van der Waals surface area (Å²) in [7, 11) is 0. The van der Waals surface area contributed by atoms with Gasteiger partial charge in [0.2, 0.25) is 0 Å². The highest BCUT2D eigenvalue weighted by atomic mass is 16.1. The van der Waals surface area contributed by atoms with Crippen LogP contribution in [0, 0.1) is 0 Å². The van der Waals surface area contributed by atoms with Gasteiger partial charge < -0.3 is 10.6 Å². The molecule has 0 aliphatic heterocycles. The summed E-state index contributed by atoms with van der Waals surface area (Å²) >= 11 is 0. The lowest BCUT2D eigenvalue weighted by Gasteiger charge is -2.21. The fourth-order valence-corrected chi connectivity index (χ4v) is 3.40. The molecule has 2 N–H and O–H groups in total. The number of hydrogen-bond donors (Lipinski definition) is 2. The van der Waals surface area contributed by atoms with Gasteiger partial charge in [0.1, 0.15) is 5.82 Å². The third kappa shape index (κ3) is 5.94. The minimum Gasteiger partial charge on any atom is -0.364 e. The molecular weight excluding hydrogens is 374 g/mol. The molecule has 1 amide bonds. The first-order valence-corrected chi connectivity index (χ1v) is 10.8. The molecule has 1 fully saturated rings. The Morgan fingerprint density at radius 1 is 1.37 bits per heavy atom. The summed E-state index contributed by atoms with van der Waals surface area (Å²) in [6, 6.07) is 0.295. The van der Waals surface area contributed by atoms with Crippen LogP contribution in [0.3, 0.4) is 0 Å². The number of aromatic nitrogens is 2. The van der Waals surface area contributed by atoms with Crippen molar-refractivity contribution in [3.05, 3.63) is 47.1 Å². The van der Waals surface area contributed by atoms with Gasteiger partial charge in [0.15, 0.2) is 0 Å². The van der Waals surface area contributed by atoms with Crippen molar-refractivity contribution < 1.29 is 4.79 Å². The molecule has 1 atom stereocenters. The fraction of sp³-hybridized carbons (Fsp3) is 0.542. The van der Waals surface area contributed by atoms with Crippen LogP contribution in [0.25, 0.3) is 0 Å². The number of rotatable bonds is 10. The van der Waals surface area contributed by atoms with Gasteiger partial charge in [-0.05, 0) is 66.4 Å². The van der Waals surface area contributed by atoms with Crippen LogP contribution in [0.15, 0.2) is 52.1 Å². The lowest BCUT2D eigenvalue weighted by atomic mass is 9.94. The third-order valence-electron chi connectivity index (χ3n) is 5.34. The zero-order valence-corrected chi connectivity index (χ0v) is 19.6. The first kappa shape index (κ1) is 23.6. The quantitative estimate of drug-likeness (QED) is 0.302. The van der Waals surface area contributed by atoms with E-state index in [9.17, 15) is 4.79 Å². The largest absolute Gasteiger partial charge is 0.364 e. The summed E-state index contributed by atoms with van der Waals surface area (Å²) < 4.78 is 1.90. The van der Waals surface area contributed by atoms with E-state index in [0.717, 1.165) is 42.4 Å². The van der Waals surface area contributed by atoms with E-state index in [0.29, 0.717) is 23.1 Å². The molecule has 0 saturated heterocycles. The van der Waals surface area contributed by atoms with E-state index in [1.807, 2.05) is 38.6 Å². The van der Waals surface area contributed by atoms with Crippen LogP contribution in [0.2, 0.25) is 0 Å². The van der Waals surface area contributed by atoms with Gasteiger partial charge >= 0.3 is 0 Å². The van der Waals surface area contributed by atoms with Gasteiger partial charge in [0.25, 0.3) is 5.91 Å². The smallest absolute Gasteiger partial charge is 0.256 e. The highest BCUT2D eigenvalue weighted by Crippen LogP contribution is 2.37. The lowest BCUT2D eigenvalue weighted by Crippen LogP contribution is -2.29. The van der Waals surface area contributed by atoms with Crippen molar-refractivity contribution in [2.24, 2.45) is 4.99 Å². The molecule has 1 unspecified atom stereocenters. The summed E-state index contributed by atoms with van der Waals surface area (Å²) in [5, 5.41) is 11.0. The van der Waals surface area contributed by atoms with Gasteiger partial charge in [-0.25, -0.2) is 4.99 Å². The molecule has 164 valence electrons. The number of carbonyl (C=O) groups is 1. The van der Waals surface area contributed by atoms with E-state index in [-0.39, 0.29) is 11.4 Å². The second-order valence-electron chi connectivity index (χ2n) is 8.75. The highest BCUT2D eigenvalue weighted by molar-refractivity contribution is 6.08. The molecule has 0 radical (unpaired) electrons. The Bertz CT molecular complexity index is 879. The Balaban J connectivity index is 2.38. The fourth-order valence-electron chi connectivity index (χ4n) is 3.40. The van der Waals surface area contributed by atoms with Gasteiger partial charge in [0, 0.05) is 35.1 Å². The van der Waals surface area contributed by atoms with Crippen molar-refractivity contribution >= 4 is 17.8 Å². The van der Waals surface area contributed by atoms with Crippen molar-refractivity contribution in [2.45, 2.75) is 85.7 Å². The maximum atomic E-state index is 13.3. The van der Waals surface area contributed by atoms with Crippen molar-refractivity contribution in [3.8, 4) is 0 Å². The van der Waals surface area contributed by atoms with Gasteiger partial charge in [0.05, 0.1) is 11.9 Å². The highest BCUT2D eigenvalue weighted by Gasteiger charge is 2.38. The molecule has 6 nitrogen and oxygen atoms in total. The Labute approximate surface area is 181 Å². The predicted octanol–water partition coefficient (Wildman–Crippen LogP) is 5.54. The Morgan fingerprint density at radius 2 is 2.03 bits per heavy atom. The number of amides is 1. The molecule has 1 heterocycles. The van der Waals surface area contributed by atoms with Crippen LogP contribution in [-0.4, -0.2) is 27.4 Å².